The topological polar surface area (TPSA) is 52.0 Å². The van der Waals surface area contributed by atoms with Crippen molar-refractivity contribution in [2.45, 2.75) is 19.8 Å². The van der Waals surface area contributed by atoms with Crippen LogP contribution in [0.5, 0.6) is 0 Å². The molecule has 84 valence electrons. The fourth-order valence-corrected chi connectivity index (χ4v) is 1.77. The molecule has 1 heterocycles. The highest BCUT2D eigenvalue weighted by atomic mass is 35.5. The number of anilines is 1. The Balaban J connectivity index is 2.43. The molecular weight excluding hydrogens is 224 g/mol. The van der Waals surface area contributed by atoms with Crippen molar-refractivity contribution < 1.29 is 4.52 Å². The van der Waals surface area contributed by atoms with Gasteiger partial charge in [0.25, 0.3) is 0 Å². The number of aromatic nitrogens is 1. The molecule has 16 heavy (non-hydrogen) atoms. The summed E-state index contributed by atoms with van der Waals surface area (Å²) in [6.07, 6.45) is 1.87. The largest absolute Gasteiger partial charge is 0.381 e. The van der Waals surface area contributed by atoms with Gasteiger partial charge in [0, 0.05) is 16.1 Å². The smallest absolute Gasteiger partial charge is 0.172 e. The summed E-state index contributed by atoms with van der Waals surface area (Å²) in [5, 5.41) is 4.51. The van der Waals surface area contributed by atoms with Gasteiger partial charge in [-0.1, -0.05) is 30.1 Å². The lowest BCUT2D eigenvalue weighted by Crippen LogP contribution is -1.92. The molecule has 0 aliphatic rings. The molecule has 2 N–H and O–H groups in total. The maximum atomic E-state index is 5.83. The maximum absolute atomic E-state index is 5.83. The van der Waals surface area contributed by atoms with Crippen molar-refractivity contribution in [2.75, 3.05) is 5.73 Å². The quantitative estimate of drug-likeness (QED) is 0.887. The third-order valence-corrected chi connectivity index (χ3v) is 2.68. The summed E-state index contributed by atoms with van der Waals surface area (Å²) in [7, 11) is 0. The van der Waals surface area contributed by atoms with E-state index >= 15 is 0 Å². The number of nitrogen functional groups attached to an aromatic ring is 1. The zero-order valence-corrected chi connectivity index (χ0v) is 9.79. The fourth-order valence-electron chi connectivity index (χ4n) is 1.64. The Bertz CT molecular complexity index is 476. The minimum absolute atomic E-state index is 0.479. The zero-order valence-electron chi connectivity index (χ0n) is 9.03. The number of rotatable bonds is 3. The normalized spacial score (nSPS) is 10.6. The van der Waals surface area contributed by atoms with Crippen molar-refractivity contribution in [3.8, 4) is 11.3 Å². The van der Waals surface area contributed by atoms with Crippen LogP contribution in [0.25, 0.3) is 11.3 Å². The number of benzene rings is 1. The highest BCUT2D eigenvalue weighted by Crippen LogP contribution is 2.29. The molecule has 0 saturated heterocycles. The second-order valence-corrected chi connectivity index (χ2v) is 4.07. The van der Waals surface area contributed by atoms with Crippen molar-refractivity contribution in [3.63, 3.8) is 0 Å². The van der Waals surface area contributed by atoms with Gasteiger partial charge in [0.15, 0.2) is 11.6 Å². The molecule has 3 nitrogen and oxygen atoms in total. The van der Waals surface area contributed by atoms with Gasteiger partial charge in [-0.2, -0.15) is 0 Å². The summed E-state index contributed by atoms with van der Waals surface area (Å²) in [6, 6.07) is 7.46. The number of hydrogen-bond acceptors (Lipinski definition) is 3. The van der Waals surface area contributed by atoms with E-state index in [4.69, 9.17) is 21.9 Å². The molecule has 0 fully saturated rings. The van der Waals surface area contributed by atoms with E-state index in [1.54, 1.807) is 0 Å². The first-order valence-electron chi connectivity index (χ1n) is 5.22. The summed E-state index contributed by atoms with van der Waals surface area (Å²) in [6.45, 7) is 2.10. The molecule has 0 amide bonds. The van der Waals surface area contributed by atoms with Crippen molar-refractivity contribution >= 4 is 17.4 Å². The Hall–Kier alpha value is -1.48. The van der Waals surface area contributed by atoms with Crippen molar-refractivity contribution in [3.05, 3.63) is 34.9 Å². The SMILES string of the molecule is CCCc1c(N)noc1-c1ccc(Cl)cc1. The highest BCUT2D eigenvalue weighted by molar-refractivity contribution is 6.30. The molecule has 0 bridgehead atoms. The summed E-state index contributed by atoms with van der Waals surface area (Å²) in [4.78, 5) is 0. The second kappa shape index (κ2) is 4.58. The second-order valence-electron chi connectivity index (χ2n) is 3.63. The van der Waals surface area contributed by atoms with Crippen LogP contribution in [0, 0.1) is 0 Å². The van der Waals surface area contributed by atoms with Crippen LogP contribution in [0.1, 0.15) is 18.9 Å². The van der Waals surface area contributed by atoms with Crippen LogP contribution in [0.4, 0.5) is 5.82 Å². The Kier molecular flexibility index (Phi) is 3.15. The fraction of sp³-hybridized carbons (Fsp3) is 0.250. The number of halogens is 1. The van der Waals surface area contributed by atoms with Crippen LogP contribution in [0.15, 0.2) is 28.8 Å². The molecule has 0 spiro atoms. The van der Waals surface area contributed by atoms with Crippen molar-refractivity contribution in [1.29, 1.82) is 0 Å². The molecule has 0 aliphatic carbocycles. The minimum Gasteiger partial charge on any atom is -0.381 e. The Morgan fingerprint density at radius 1 is 1.31 bits per heavy atom. The minimum atomic E-state index is 0.479. The van der Waals surface area contributed by atoms with Gasteiger partial charge < -0.3 is 10.3 Å². The average molecular weight is 237 g/mol. The lowest BCUT2D eigenvalue weighted by atomic mass is 10.1. The monoisotopic (exact) mass is 236 g/mol. The molecule has 4 heteroatoms. The predicted octanol–water partition coefficient (Wildman–Crippen LogP) is 3.53. The first-order valence-corrected chi connectivity index (χ1v) is 5.60. The van der Waals surface area contributed by atoms with Crippen LogP contribution < -0.4 is 5.73 Å². The molecule has 0 radical (unpaired) electrons. The van der Waals surface area contributed by atoms with Crippen LogP contribution in [0.2, 0.25) is 5.02 Å². The lowest BCUT2D eigenvalue weighted by Gasteiger charge is -2.00. The molecule has 1 aromatic heterocycles. The van der Waals surface area contributed by atoms with Crippen molar-refractivity contribution in [2.24, 2.45) is 0 Å². The van der Waals surface area contributed by atoms with E-state index in [2.05, 4.69) is 12.1 Å². The van der Waals surface area contributed by atoms with Gasteiger partial charge in [-0.15, -0.1) is 0 Å². The van der Waals surface area contributed by atoms with Crippen LogP contribution in [-0.2, 0) is 6.42 Å². The Labute approximate surface area is 99.2 Å². The summed E-state index contributed by atoms with van der Waals surface area (Å²) >= 11 is 5.83. The molecule has 1 aromatic carbocycles. The number of nitrogens with two attached hydrogens (primary N) is 1. The van der Waals surface area contributed by atoms with Gasteiger partial charge in [0.1, 0.15) is 0 Å². The predicted molar refractivity (Wildman–Crippen MR) is 65.4 cm³/mol. The summed E-state index contributed by atoms with van der Waals surface area (Å²) in [5.41, 5.74) is 7.70. The Morgan fingerprint density at radius 2 is 2.00 bits per heavy atom. The van der Waals surface area contributed by atoms with E-state index in [1.807, 2.05) is 24.3 Å². The van der Waals surface area contributed by atoms with Gasteiger partial charge in [-0.05, 0) is 30.7 Å². The standard InChI is InChI=1S/C12H13ClN2O/c1-2-3-10-11(16-15-12(10)14)8-4-6-9(13)7-5-8/h4-7H,2-3H2,1H3,(H2,14,15). The van der Waals surface area contributed by atoms with E-state index in [0.29, 0.717) is 10.8 Å². The Morgan fingerprint density at radius 3 is 2.62 bits per heavy atom. The van der Waals surface area contributed by atoms with Crippen LogP contribution in [0.3, 0.4) is 0 Å². The van der Waals surface area contributed by atoms with Crippen LogP contribution in [-0.4, -0.2) is 5.16 Å². The highest BCUT2D eigenvalue weighted by Gasteiger charge is 2.14. The molecule has 2 rings (SSSR count). The molecular formula is C12H13ClN2O. The van der Waals surface area contributed by atoms with E-state index in [9.17, 15) is 0 Å². The summed E-state index contributed by atoms with van der Waals surface area (Å²) in [5.74, 6) is 1.22. The van der Waals surface area contributed by atoms with Gasteiger partial charge in [-0.3, -0.25) is 0 Å². The first kappa shape index (κ1) is 11.0. The van der Waals surface area contributed by atoms with E-state index in [-0.39, 0.29) is 0 Å². The summed E-state index contributed by atoms with van der Waals surface area (Å²) < 4.78 is 5.26. The lowest BCUT2D eigenvalue weighted by molar-refractivity contribution is 0.435. The van der Waals surface area contributed by atoms with Gasteiger partial charge in [0.2, 0.25) is 0 Å². The van der Waals surface area contributed by atoms with E-state index in [0.717, 1.165) is 29.7 Å². The van der Waals surface area contributed by atoms with E-state index in [1.165, 1.54) is 0 Å². The average Bonchev–Trinajstić information content (AvgIpc) is 2.63. The molecule has 0 aliphatic heterocycles. The molecule has 0 unspecified atom stereocenters. The molecule has 0 saturated carbocycles. The third-order valence-electron chi connectivity index (χ3n) is 2.42. The van der Waals surface area contributed by atoms with Gasteiger partial charge >= 0.3 is 0 Å². The third kappa shape index (κ3) is 2.04. The first-order chi connectivity index (χ1) is 7.72. The van der Waals surface area contributed by atoms with Gasteiger partial charge in [0.05, 0.1) is 0 Å². The zero-order chi connectivity index (χ0) is 11.5. The maximum Gasteiger partial charge on any atom is 0.172 e. The van der Waals surface area contributed by atoms with Gasteiger partial charge in [-0.25, -0.2) is 0 Å². The number of nitrogens with zero attached hydrogens (tertiary/aromatic N) is 1. The molecule has 0 atom stereocenters. The van der Waals surface area contributed by atoms with Crippen molar-refractivity contribution in [1.82, 2.24) is 5.16 Å². The van der Waals surface area contributed by atoms with Crippen LogP contribution >= 0.6 is 11.6 Å². The molecule has 2 aromatic rings. The number of hydrogen-bond donors (Lipinski definition) is 1. The van der Waals surface area contributed by atoms with E-state index < -0.39 is 0 Å².